The molecule has 4 atom stereocenters. The van der Waals surface area contributed by atoms with Crippen LogP contribution >= 0.6 is 0 Å². The molecule has 1 rings (SSSR count). The van der Waals surface area contributed by atoms with E-state index in [1.807, 2.05) is 0 Å². The zero-order valence-corrected chi connectivity index (χ0v) is 11.7. The SMILES string of the molecule is CC(=O)OCC1OC(N=C=O)C(OC(C)=O)C1OC(C)=O. The predicted molar refractivity (Wildman–Crippen MR) is 64.5 cm³/mol. The van der Waals surface area contributed by atoms with Crippen LogP contribution in [-0.4, -0.2) is 55.1 Å². The van der Waals surface area contributed by atoms with Crippen molar-refractivity contribution in [3.63, 3.8) is 0 Å². The summed E-state index contributed by atoms with van der Waals surface area (Å²) in [5.41, 5.74) is 0. The topological polar surface area (TPSA) is 118 Å². The van der Waals surface area contributed by atoms with Crippen molar-refractivity contribution in [3.05, 3.63) is 0 Å². The molecular formula is C12H15NO8. The molecule has 1 fully saturated rings. The number of nitrogens with zero attached hydrogens (tertiary/aromatic N) is 1. The quantitative estimate of drug-likeness (QED) is 0.288. The van der Waals surface area contributed by atoms with Gasteiger partial charge in [0.2, 0.25) is 12.3 Å². The van der Waals surface area contributed by atoms with Gasteiger partial charge in [0.25, 0.3) is 0 Å². The van der Waals surface area contributed by atoms with Gasteiger partial charge in [-0.3, -0.25) is 14.4 Å². The summed E-state index contributed by atoms with van der Waals surface area (Å²) in [6, 6.07) is 0. The summed E-state index contributed by atoms with van der Waals surface area (Å²) >= 11 is 0. The van der Waals surface area contributed by atoms with E-state index in [2.05, 4.69) is 4.99 Å². The van der Waals surface area contributed by atoms with Crippen LogP contribution in [0.2, 0.25) is 0 Å². The van der Waals surface area contributed by atoms with Gasteiger partial charge in [0.1, 0.15) is 12.7 Å². The highest BCUT2D eigenvalue weighted by atomic mass is 16.7. The Bertz CT molecular complexity index is 470. The molecule has 1 aliphatic heterocycles. The lowest BCUT2D eigenvalue weighted by atomic mass is 10.1. The summed E-state index contributed by atoms with van der Waals surface area (Å²) in [5, 5.41) is 0. The monoisotopic (exact) mass is 301 g/mol. The molecule has 9 heteroatoms. The largest absolute Gasteiger partial charge is 0.463 e. The van der Waals surface area contributed by atoms with Crippen LogP contribution in [0.3, 0.4) is 0 Å². The van der Waals surface area contributed by atoms with Crippen molar-refractivity contribution in [2.45, 2.75) is 45.3 Å². The Balaban J connectivity index is 2.95. The molecule has 1 saturated heterocycles. The third-order valence-electron chi connectivity index (χ3n) is 2.52. The standard InChI is InChI=1S/C12H15NO8/c1-6(15)18-4-9-10(19-7(2)16)11(20-8(3)17)12(21-9)13-5-14/h9-12H,4H2,1-3H3. The fourth-order valence-corrected chi connectivity index (χ4v) is 1.85. The minimum atomic E-state index is -1.18. The number of rotatable bonds is 5. The van der Waals surface area contributed by atoms with E-state index in [-0.39, 0.29) is 6.61 Å². The summed E-state index contributed by atoms with van der Waals surface area (Å²) < 4.78 is 20.1. The van der Waals surface area contributed by atoms with Gasteiger partial charge in [-0.1, -0.05) is 0 Å². The Hall–Kier alpha value is -2.25. The van der Waals surface area contributed by atoms with E-state index >= 15 is 0 Å². The van der Waals surface area contributed by atoms with Crippen LogP contribution in [0.5, 0.6) is 0 Å². The predicted octanol–water partition coefficient (Wildman–Crippen LogP) is -0.526. The molecule has 9 nitrogen and oxygen atoms in total. The first-order valence-electron chi connectivity index (χ1n) is 6.05. The molecule has 21 heavy (non-hydrogen) atoms. The minimum absolute atomic E-state index is 0.240. The number of carbonyl (C=O) groups excluding carboxylic acids is 4. The van der Waals surface area contributed by atoms with Gasteiger partial charge < -0.3 is 18.9 Å². The van der Waals surface area contributed by atoms with E-state index in [0.29, 0.717) is 0 Å². The van der Waals surface area contributed by atoms with E-state index in [1.165, 1.54) is 13.0 Å². The summed E-state index contributed by atoms with van der Waals surface area (Å²) in [4.78, 5) is 46.8. The first kappa shape index (κ1) is 16.8. The Morgan fingerprint density at radius 1 is 1.05 bits per heavy atom. The van der Waals surface area contributed by atoms with E-state index in [9.17, 15) is 19.2 Å². The molecule has 0 aromatic heterocycles. The van der Waals surface area contributed by atoms with Gasteiger partial charge in [-0.15, -0.1) is 0 Å². The Morgan fingerprint density at radius 2 is 1.62 bits per heavy atom. The van der Waals surface area contributed by atoms with Gasteiger partial charge in [-0.05, 0) is 0 Å². The molecule has 0 amide bonds. The van der Waals surface area contributed by atoms with Crippen molar-refractivity contribution in [2.24, 2.45) is 4.99 Å². The first-order chi connectivity index (χ1) is 9.85. The van der Waals surface area contributed by atoms with Crippen LogP contribution in [0.1, 0.15) is 20.8 Å². The van der Waals surface area contributed by atoms with Crippen LogP contribution in [0.25, 0.3) is 0 Å². The second kappa shape index (κ2) is 7.51. The Labute approximate surface area is 120 Å². The molecule has 1 heterocycles. The first-order valence-corrected chi connectivity index (χ1v) is 6.05. The van der Waals surface area contributed by atoms with E-state index in [1.54, 1.807) is 0 Å². The van der Waals surface area contributed by atoms with Crippen molar-refractivity contribution in [1.29, 1.82) is 0 Å². The highest BCUT2D eigenvalue weighted by Gasteiger charge is 2.49. The molecule has 1 aliphatic rings. The van der Waals surface area contributed by atoms with Crippen molar-refractivity contribution in [2.75, 3.05) is 6.61 Å². The Kier molecular flexibility index (Phi) is 6.01. The van der Waals surface area contributed by atoms with Crippen molar-refractivity contribution in [3.8, 4) is 0 Å². The molecule has 0 bridgehead atoms. The number of isocyanates is 1. The van der Waals surface area contributed by atoms with Crippen molar-refractivity contribution >= 4 is 24.0 Å². The zero-order valence-electron chi connectivity index (χ0n) is 11.7. The molecule has 0 radical (unpaired) electrons. The average Bonchev–Trinajstić information content (AvgIpc) is 2.65. The molecule has 116 valence electrons. The zero-order chi connectivity index (χ0) is 16.0. The molecule has 0 spiro atoms. The molecule has 0 aliphatic carbocycles. The molecule has 0 N–H and O–H groups in total. The van der Waals surface area contributed by atoms with Crippen molar-refractivity contribution in [1.82, 2.24) is 0 Å². The maximum Gasteiger partial charge on any atom is 0.303 e. The van der Waals surface area contributed by atoms with E-state index in [0.717, 1.165) is 13.8 Å². The highest BCUT2D eigenvalue weighted by Crippen LogP contribution is 2.28. The van der Waals surface area contributed by atoms with Gasteiger partial charge in [0, 0.05) is 20.8 Å². The number of esters is 3. The fraction of sp³-hybridized carbons (Fsp3) is 0.667. The second-order valence-corrected chi connectivity index (χ2v) is 4.24. The minimum Gasteiger partial charge on any atom is -0.463 e. The van der Waals surface area contributed by atoms with Crippen LogP contribution in [-0.2, 0) is 38.1 Å². The van der Waals surface area contributed by atoms with Gasteiger partial charge in [-0.25, -0.2) is 4.79 Å². The lowest BCUT2D eigenvalue weighted by Crippen LogP contribution is -2.40. The summed E-state index contributed by atoms with van der Waals surface area (Å²) in [7, 11) is 0. The molecule has 0 aromatic rings. The third kappa shape index (κ3) is 4.97. The summed E-state index contributed by atoms with van der Waals surface area (Å²) in [6.45, 7) is 3.26. The number of aliphatic imine (C=N–C) groups is 1. The van der Waals surface area contributed by atoms with Gasteiger partial charge in [0.15, 0.2) is 12.2 Å². The second-order valence-electron chi connectivity index (χ2n) is 4.24. The van der Waals surface area contributed by atoms with Gasteiger partial charge in [-0.2, -0.15) is 4.99 Å². The third-order valence-corrected chi connectivity index (χ3v) is 2.52. The summed E-state index contributed by atoms with van der Waals surface area (Å²) in [5.74, 6) is -1.88. The van der Waals surface area contributed by atoms with E-state index < -0.39 is 42.4 Å². The van der Waals surface area contributed by atoms with E-state index in [4.69, 9.17) is 18.9 Å². The van der Waals surface area contributed by atoms with Crippen LogP contribution in [0, 0.1) is 0 Å². The summed E-state index contributed by atoms with van der Waals surface area (Å²) in [6.07, 6.45) is -2.98. The highest BCUT2D eigenvalue weighted by molar-refractivity contribution is 5.68. The molecule has 0 saturated carbocycles. The lowest BCUT2D eigenvalue weighted by Gasteiger charge is -2.21. The number of ether oxygens (including phenoxy) is 4. The van der Waals surface area contributed by atoms with Crippen LogP contribution in [0.4, 0.5) is 0 Å². The van der Waals surface area contributed by atoms with Crippen LogP contribution in [0.15, 0.2) is 4.99 Å². The number of hydrogen-bond donors (Lipinski definition) is 0. The smallest absolute Gasteiger partial charge is 0.303 e. The molecule has 0 aromatic carbocycles. The molecule has 4 unspecified atom stereocenters. The van der Waals surface area contributed by atoms with Gasteiger partial charge in [0.05, 0.1) is 0 Å². The fourth-order valence-electron chi connectivity index (χ4n) is 1.85. The van der Waals surface area contributed by atoms with Gasteiger partial charge >= 0.3 is 17.9 Å². The number of hydrogen-bond acceptors (Lipinski definition) is 9. The average molecular weight is 301 g/mol. The van der Waals surface area contributed by atoms with Crippen molar-refractivity contribution < 1.29 is 38.1 Å². The maximum atomic E-state index is 11.1. The normalized spacial score (nSPS) is 27.4. The lowest BCUT2D eigenvalue weighted by molar-refractivity contribution is -0.165. The molecular weight excluding hydrogens is 286 g/mol. The van der Waals surface area contributed by atoms with Crippen LogP contribution < -0.4 is 0 Å². The Morgan fingerprint density at radius 3 is 2.10 bits per heavy atom. The number of carbonyl (C=O) groups is 3. The maximum absolute atomic E-state index is 11.1.